The van der Waals surface area contributed by atoms with E-state index in [9.17, 15) is 4.79 Å². The molecule has 0 bridgehead atoms. The summed E-state index contributed by atoms with van der Waals surface area (Å²) in [5.74, 6) is 0.465. The van der Waals surface area contributed by atoms with Crippen LogP contribution in [-0.2, 0) is 12.3 Å². The van der Waals surface area contributed by atoms with Crippen LogP contribution in [0, 0.1) is 0 Å². The van der Waals surface area contributed by atoms with Crippen molar-refractivity contribution in [1.29, 1.82) is 0 Å². The van der Waals surface area contributed by atoms with Crippen LogP contribution in [0.15, 0.2) is 33.4 Å². The summed E-state index contributed by atoms with van der Waals surface area (Å²) in [5, 5.41) is 18.8. The van der Waals surface area contributed by atoms with Gasteiger partial charge < -0.3 is 10.9 Å². The quantitative estimate of drug-likeness (QED) is 0.238. The molecule has 2 aromatic heterocycles. The summed E-state index contributed by atoms with van der Waals surface area (Å²) in [6, 6.07) is 3.61. The molecule has 4 N–H and O–H groups in total. The van der Waals surface area contributed by atoms with E-state index in [2.05, 4.69) is 20.3 Å². The number of oxime groups is 1. The van der Waals surface area contributed by atoms with Gasteiger partial charge in [-0.3, -0.25) is 9.55 Å². The Morgan fingerprint density at radius 2 is 2.43 bits per heavy atom. The number of nitrogens with zero attached hydrogens (tertiary/aromatic N) is 4. The van der Waals surface area contributed by atoms with Crippen LogP contribution in [0.1, 0.15) is 24.6 Å². The van der Waals surface area contributed by atoms with E-state index >= 15 is 0 Å². The maximum absolute atomic E-state index is 11.6. The Bertz CT molecular complexity index is 693. The summed E-state index contributed by atoms with van der Waals surface area (Å²) in [4.78, 5) is 15.7. The molecule has 0 aliphatic heterocycles. The van der Waals surface area contributed by atoms with E-state index in [4.69, 9.17) is 10.9 Å². The van der Waals surface area contributed by atoms with Crippen LogP contribution in [0.3, 0.4) is 0 Å². The molecule has 0 unspecified atom stereocenters. The van der Waals surface area contributed by atoms with Gasteiger partial charge in [0.2, 0.25) is 0 Å². The van der Waals surface area contributed by atoms with E-state index in [-0.39, 0.29) is 11.5 Å². The molecule has 0 aliphatic rings. The molecule has 0 amide bonds. The molecule has 9 heteroatoms. The lowest BCUT2D eigenvalue weighted by Gasteiger charge is -2.07. The molecule has 8 nitrogen and oxygen atoms in total. The summed E-state index contributed by atoms with van der Waals surface area (Å²) in [6.07, 6.45) is 2.42. The molecule has 0 saturated heterocycles. The van der Waals surface area contributed by atoms with Gasteiger partial charge in [0, 0.05) is 18.5 Å². The van der Waals surface area contributed by atoms with Crippen molar-refractivity contribution in [1.82, 2.24) is 19.7 Å². The van der Waals surface area contributed by atoms with Crippen molar-refractivity contribution in [2.45, 2.75) is 30.8 Å². The minimum Gasteiger partial charge on any atom is -0.409 e. The number of hydrogen-bond acceptors (Lipinski definition) is 6. The summed E-state index contributed by atoms with van der Waals surface area (Å²) in [7, 11) is 0. The number of hydrogen-bond donors (Lipinski definition) is 3. The van der Waals surface area contributed by atoms with Gasteiger partial charge in [0.1, 0.15) is 5.69 Å². The summed E-state index contributed by atoms with van der Waals surface area (Å²) in [5.41, 5.74) is 6.60. The summed E-state index contributed by atoms with van der Waals surface area (Å²) >= 11 is 1.39. The van der Waals surface area contributed by atoms with Gasteiger partial charge in [0.05, 0.1) is 0 Å². The first kappa shape index (κ1) is 15.1. The van der Waals surface area contributed by atoms with Gasteiger partial charge in [-0.1, -0.05) is 29.9 Å². The summed E-state index contributed by atoms with van der Waals surface area (Å²) < 4.78 is 1.59. The average Bonchev–Trinajstić information content (AvgIpc) is 2.86. The number of aromatic amines is 1. The fourth-order valence-corrected chi connectivity index (χ4v) is 2.77. The minimum atomic E-state index is -0.220. The third-order valence-corrected chi connectivity index (χ3v) is 3.79. The molecular formula is C12H16N6O2S. The minimum absolute atomic E-state index is 0.0424. The van der Waals surface area contributed by atoms with E-state index in [1.807, 2.05) is 13.0 Å². The molecule has 112 valence electrons. The Labute approximate surface area is 125 Å². The molecule has 0 saturated carbocycles. The van der Waals surface area contributed by atoms with Crippen molar-refractivity contribution in [2.75, 3.05) is 0 Å². The number of nitrogens with one attached hydrogen (secondary N) is 1. The Morgan fingerprint density at radius 1 is 1.62 bits per heavy atom. The number of H-pyrrole nitrogens is 1. The first-order valence-corrected chi connectivity index (χ1v) is 7.35. The van der Waals surface area contributed by atoms with E-state index < -0.39 is 0 Å². The molecule has 2 aromatic rings. The highest BCUT2D eigenvalue weighted by atomic mass is 32.2. The molecular weight excluding hydrogens is 292 g/mol. The van der Waals surface area contributed by atoms with Crippen LogP contribution in [0.2, 0.25) is 0 Å². The third-order valence-electron chi connectivity index (χ3n) is 2.77. The van der Waals surface area contributed by atoms with Gasteiger partial charge >= 0.3 is 5.69 Å². The van der Waals surface area contributed by atoms with Crippen LogP contribution < -0.4 is 11.4 Å². The lowest BCUT2D eigenvalue weighted by atomic mass is 10.2. The standard InChI is InChI=1S/C12H16N6O2S/c1-2-6-18-11(19)15-16-12(18)21-7-8-4-3-5-14-9(8)10(13)17-20/h3-5,20H,2,6-7H2,1H3,(H2,13,17)(H,15,19). The van der Waals surface area contributed by atoms with Crippen molar-refractivity contribution in [2.24, 2.45) is 10.9 Å². The maximum Gasteiger partial charge on any atom is 0.343 e. The highest BCUT2D eigenvalue weighted by Gasteiger charge is 2.12. The Hall–Kier alpha value is -2.29. The van der Waals surface area contributed by atoms with Gasteiger partial charge in [-0.15, -0.1) is 5.10 Å². The largest absolute Gasteiger partial charge is 0.409 e. The average molecular weight is 308 g/mol. The lowest BCUT2D eigenvalue weighted by Crippen LogP contribution is -2.18. The highest BCUT2D eigenvalue weighted by molar-refractivity contribution is 7.98. The number of aromatic nitrogens is 4. The Kier molecular flexibility index (Phi) is 4.99. The zero-order chi connectivity index (χ0) is 15.2. The van der Waals surface area contributed by atoms with Crippen LogP contribution in [0.25, 0.3) is 0 Å². The second-order valence-electron chi connectivity index (χ2n) is 4.25. The zero-order valence-electron chi connectivity index (χ0n) is 11.5. The lowest BCUT2D eigenvalue weighted by molar-refractivity contribution is 0.318. The summed E-state index contributed by atoms with van der Waals surface area (Å²) in [6.45, 7) is 2.60. The normalized spacial score (nSPS) is 11.8. The first-order chi connectivity index (χ1) is 10.2. The third kappa shape index (κ3) is 3.43. The molecule has 0 atom stereocenters. The highest BCUT2D eigenvalue weighted by Crippen LogP contribution is 2.21. The van der Waals surface area contributed by atoms with E-state index in [0.717, 1.165) is 12.0 Å². The van der Waals surface area contributed by atoms with Gasteiger partial charge in [-0.2, -0.15) is 0 Å². The zero-order valence-corrected chi connectivity index (χ0v) is 12.3. The van der Waals surface area contributed by atoms with E-state index in [1.54, 1.807) is 16.8 Å². The molecule has 21 heavy (non-hydrogen) atoms. The fraction of sp³-hybridized carbons (Fsp3) is 0.333. The topological polar surface area (TPSA) is 122 Å². The van der Waals surface area contributed by atoms with Crippen molar-refractivity contribution in [3.63, 3.8) is 0 Å². The van der Waals surface area contributed by atoms with E-state index in [0.29, 0.717) is 23.1 Å². The number of amidine groups is 1. The number of pyridine rings is 1. The van der Waals surface area contributed by atoms with Crippen LogP contribution >= 0.6 is 11.8 Å². The maximum atomic E-state index is 11.6. The molecule has 2 heterocycles. The predicted molar refractivity (Wildman–Crippen MR) is 79.4 cm³/mol. The Balaban J connectivity index is 2.19. The molecule has 2 rings (SSSR count). The smallest absolute Gasteiger partial charge is 0.343 e. The molecule has 0 aromatic carbocycles. The molecule has 0 radical (unpaired) electrons. The van der Waals surface area contributed by atoms with Crippen LogP contribution in [0.5, 0.6) is 0 Å². The van der Waals surface area contributed by atoms with Gasteiger partial charge in [-0.05, 0) is 18.1 Å². The van der Waals surface area contributed by atoms with Crippen molar-refractivity contribution < 1.29 is 5.21 Å². The van der Waals surface area contributed by atoms with Crippen LogP contribution in [0.4, 0.5) is 0 Å². The molecule has 0 aliphatic carbocycles. The van der Waals surface area contributed by atoms with Crippen molar-refractivity contribution in [3.8, 4) is 0 Å². The number of nitrogens with two attached hydrogens (primary N) is 1. The molecule has 0 fully saturated rings. The SMILES string of the molecule is CCCn1c(SCc2cccnc2C(N)=NO)n[nH]c1=O. The second kappa shape index (κ2) is 6.93. The number of rotatable bonds is 6. The van der Waals surface area contributed by atoms with Crippen LogP contribution in [-0.4, -0.2) is 30.8 Å². The molecule has 0 spiro atoms. The fourth-order valence-electron chi connectivity index (χ4n) is 1.81. The van der Waals surface area contributed by atoms with Gasteiger partial charge in [0.25, 0.3) is 0 Å². The first-order valence-electron chi connectivity index (χ1n) is 6.37. The van der Waals surface area contributed by atoms with Crippen molar-refractivity contribution >= 4 is 17.6 Å². The predicted octanol–water partition coefficient (Wildman–Crippen LogP) is 0.763. The van der Waals surface area contributed by atoms with Gasteiger partial charge in [-0.25, -0.2) is 9.89 Å². The number of thioether (sulfide) groups is 1. The Morgan fingerprint density at radius 3 is 3.14 bits per heavy atom. The monoisotopic (exact) mass is 308 g/mol. The van der Waals surface area contributed by atoms with Crippen molar-refractivity contribution in [3.05, 3.63) is 40.1 Å². The van der Waals surface area contributed by atoms with Gasteiger partial charge in [0.15, 0.2) is 11.0 Å². The van der Waals surface area contributed by atoms with E-state index in [1.165, 1.54) is 11.8 Å². The second-order valence-corrected chi connectivity index (χ2v) is 5.19.